The van der Waals surface area contributed by atoms with Gasteiger partial charge in [0.15, 0.2) is 0 Å². The number of thiophene rings is 1. The third-order valence-corrected chi connectivity index (χ3v) is 7.91. The number of carbonyl (C=O) groups is 1. The van der Waals surface area contributed by atoms with Crippen LogP contribution < -0.4 is 10.0 Å². The van der Waals surface area contributed by atoms with Crippen molar-refractivity contribution in [3.05, 3.63) is 58.6 Å². The highest BCUT2D eigenvalue weighted by Crippen LogP contribution is 2.35. The molecular weight excluding hydrogens is 453 g/mol. The second-order valence-corrected chi connectivity index (χ2v) is 10.0. The van der Waals surface area contributed by atoms with Gasteiger partial charge in [0.2, 0.25) is 5.91 Å². The van der Waals surface area contributed by atoms with Crippen LogP contribution in [-0.4, -0.2) is 41.7 Å². The Hall–Kier alpha value is -2.31. The number of nitrogens with one attached hydrogen (secondary N) is 3. The normalized spacial score (nSPS) is 21.4. The van der Waals surface area contributed by atoms with Crippen molar-refractivity contribution in [2.75, 3.05) is 12.4 Å². The number of rotatable bonds is 4. The molecule has 1 aliphatic rings. The first-order chi connectivity index (χ1) is 14.2. The highest BCUT2D eigenvalue weighted by Gasteiger charge is 2.41. The maximum absolute atomic E-state index is 13.4. The van der Waals surface area contributed by atoms with E-state index in [4.69, 9.17) is 11.6 Å². The van der Waals surface area contributed by atoms with Crippen molar-refractivity contribution in [3.63, 3.8) is 0 Å². The standard InChI is InChI=1S/C18H17ClFN5O3S2/c1-25-15(18(26)23-10-2-3-12(20)11(19)6-10)7-13(24-30(25,27)28)16-4-5-17(29-16)14-8-21-9-22-14/h2-6,8-9,13,15,24H,7H2,1H3,(H,21,22)(H,23,26)/t13-,15+/m1/s1. The summed E-state index contributed by atoms with van der Waals surface area (Å²) < 4.78 is 42.2. The number of hydrogen-bond acceptors (Lipinski definition) is 5. The van der Waals surface area contributed by atoms with Gasteiger partial charge in [-0.1, -0.05) is 11.6 Å². The largest absolute Gasteiger partial charge is 0.344 e. The summed E-state index contributed by atoms with van der Waals surface area (Å²) >= 11 is 7.17. The molecule has 2 aromatic heterocycles. The summed E-state index contributed by atoms with van der Waals surface area (Å²) in [6.45, 7) is 0. The Bertz CT molecular complexity index is 1180. The second kappa shape index (κ2) is 8.08. The number of aromatic amines is 1. The molecule has 0 radical (unpaired) electrons. The molecule has 12 heteroatoms. The first kappa shape index (κ1) is 20.9. The quantitative estimate of drug-likeness (QED) is 0.545. The summed E-state index contributed by atoms with van der Waals surface area (Å²) in [5.74, 6) is -1.14. The summed E-state index contributed by atoms with van der Waals surface area (Å²) in [5.41, 5.74) is 1.11. The van der Waals surface area contributed by atoms with Gasteiger partial charge in [-0.2, -0.15) is 17.4 Å². The van der Waals surface area contributed by atoms with Crippen LogP contribution in [0.5, 0.6) is 0 Å². The Morgan fingerprint density at radius 3 is 2.87 bits per heavy atom. The topological polar surface area (TPSA) is 107 Å². The van der Waals surface area contributed by atoms with Crippen LogP contribution in [0.4, 0.5) is 10.1 Å². The Kier molecular flexibility index (Phi) is 5.64. The molecule has 0 bridgehead atoms. The van der Waals surface area contributed by atoms with Gasteiger partial charge in [-0.15, -0.1) is 11.3 Å². The lowest BCUT2D eigenvalue weighted by molar-refractivity contribution is -0.120. The van der Waals surface area contributed by atoms with Crippen molar-refractivity contribution in [2.45, 2.75) is 18.5 Å². The van der Waals surface area contributed by atoms with E-state index in [0.29, 0.717) is 0 Å². The van der Waals surface area contributed by atoms with Gasteiger partial charge in [0.25, 0.3) is 10.2 Å². The summed E-state index contributed by atoms with van der Waals surface area (Å²) in [6.07, 6.45) is 3.47. The highest BCUT2D eigenvalue weighted by molar-refractivity contribution is 7.87. The minimum absolute atomic E-state index is 0.137. The van der Waals surface area contributed by atoms with Crippen molar-refractivity contribution < 1.29 is 17.6 Å². The van der Waals surface area contributed by atoms with E-state index < -0.39 is 34.0 Å². The van der Waals surface area contributed by atoms with Gasteiger partial charge >= 0.3 is 0 Å². The molecule has 3 N–H and O–H groups in total. The molecule has 4 rings (SSSR count). The third kappa shape index (κ3) is 4.12. The molecule has 30 heavy (non-hydrogen) atoms. The maximum Gasteiger partial charge on any atom is 0.280 e. The van der Waals surface area contributed by atoms with Crippen molar-refractivity contribution in [1.82, 2.24) is 19.0 Å². The van der Waals surface area contributed by atoms with Crippen LogP contribution in [0.1, 0.15) is 17.3 Å². The average Bonchev–Trinajstić information content (AvgIpc) is 3.38. The zero-order valence-electron chi connectivity index (χ0n) is 15.6. The fraction of sp³-hybridized carbons (Fsp3) is 0.222. The predicted molar refractivity (Wildman–Crippen MR) is 113 cm³/mol. The van der Waals surface area contributed by atoms with Crippen molar-refractivity contribution in [2.24, 2.45) is 0 Å². The van der Waals surface area contributed by atoms with Gasteiger partial charge in [-0.25, -0.2) is 9.37 Å². The summed E-state index contributed by atoms with van der Waals surface area (Å²) in [5, 5.41) is 2.48. The number of amides is 1. The molecule has 1 fully saturated rings. The zero-order valence-corrected chi connectivity index (χ0v) is 18.0. The lowest BCUT2D eigenvalue weighted by Gasteiger charge is -2.35. The number of hydrogen-bond donors (Lipinski definition) is 3. The molecule has 0 aliphatic carbocycles. The number of likely N-dealkylation sites (N-methyl/N-ethyl adjacent to an activating group) is 1. The van der Waals surface area contributed by atoms with E-state index in [-0.39, 0.29) is 17.1 Å². The van der Waals surface area contributed by atoms with Gasteiger partial charge in [0.1, 0.15) is 11.9 Å². The third-order valence-electron chi connectivity index (χ3n) is 4.79. The van der Waals surface area contributed by atoms with E-state index in [0.717, 1.165) is 25.8 Å². The van der Waals surface area contributed by atoms with Crippen LogP contribution in [0.3, 0.4) is 0 Å². The lowest BCUT2D eigenvalue weighted by Crippen LogP contribution is -2.55. The smallest absolute Gasteiger partial charge is 0.280 e. The first-order valence-corrected chi connectivity index (χ1v) is 11.5. The number of H-pyrrole nitrogens is 1. The Morgan fingerprint density at radius 1 is 1.37 bits per heavy atom. The fourth-order valence-electron chi connectivity index (χ4n) is 3.17. The first-order valence-electron chi connectivity index (χ1n) is 8.84. The van der Waals surface area contributed by atoms with Crippen LogP contribution in [0.2, 0.25) is 5.02 Å². The molecule has 8 nitrogen and oxygen atoms in total. The molecular formula is C18H17ClFN5O3S2. The molecule has 2 atom stereocenters. The SMILES string of the molecule is CN1[C@H](C(=O)Nc2ccc(F)c(Cl)c2)C[C@H](c2ccc(-c3cnc[nH]3)s2)NS1(=O)=O. The molecule has 0 spiro atoms. The fourth-order valence-corrected chi connectivity index (χ4v) is 5.74. The summed E-state index contributed by atoms with van der Waals surface area (Å²) in [6, 6.07) is 5.94. The van der Waals surface area contributed by atoms with E-state index >= 15 is 0 Å². The molecule has 3 aromatic rings. The van der Waals surface area contributed by atoms with E-state index in [1.165, 1.54) is 30.5 Å². The molecule has 0 saturated carbocycles. The van der Waals surface area contributed by atoms with Crippen molar-refractivity contribution >= 4 is 44.7 Å². The van der Waals surface area contributed by atoms with Gasteiger partial charge in [0.05, 0.1) is 34.2 Å². The number of carbonyl (C=O) groups excluding carboxylic acids is 1. The van der Waals surface area contributed by atoms with E-state index in [2.05, 4.69) is 20.0 Å². The molecule has 1 aliphatic heterocycles. The molecule has 1 aromatic carbocycles. The lowest BCUT2D eigenvalue weighted by atomic mass is 10.1. The molecule has 1 amide bonds. The van der Waals surface area contributed by atoms with Crippen LogP contribution in [0.25, 0.3) is 10.6 Å². The van der Waals surface area contributed by atoms with Gasteiger partial charge in [-0.05, 0) is 36.8 Å². The highest BCUT2D eigenvalue weighted by atomic mass is 35.5. The summed E-state index contributed by atoms with van der Waals surface area (Å²) in [4.78, 5) is 21.5. The van der Waals surface area contributed by atoms with Crippen LogP contribution in [0, 0.1) is 5.82 Å². The van der Waals surface area contributed by atoms with Gasteiger partial charge in [-0.3, -0.25) is 4.79 Å². The number of anilines is 1. The zero-order chi connectivity index (χ0) is 21.5. The van der Waals surface area contributed by atoms with Crippen LogP contribution in [-0.2, 0) is 15.0 Å². The van der Waals surface area contributed by atoms with Gasteiger partial charge < -0.3 is 10.3 Å². The Labute approximate surface area is 181 Å². The Morgan fingerprint density at radius 2 is 2.17 bits per heavy atom. The van der Waals surface area contributed by atoms with Crippen LogP contribution >= 0.6 is 22.9 Å². The molecule has 0 unspecified atom stereocenters. The second-order valence-electron chi connectivity index (χ2n) is 6.73. The predicted octanol–water partition coefficient (Wildman–Crippen LogP) is 3.15. The monoisotopic (exact) mass is 469 g/mol. The van der Waals surface area contributed by atoms with E-state index in [9.17, 15) is 17.6 Å². The molecule has 158 valence electrons. The van der Waals surface area contributed by atoms with Crippen molar-refractivity contribution in [1.29, 1.82) is 0 Å². The average molecular weight is 470 g/mol. The number of nitrogens with zero attached hydrogens (tertiary/aromatic N) is 2. The molecule has 1 saturated heterocycles. The minimum atomic E-state index is -3.88. The number of halogens is 2. The van der Waals surface area contributed by atoms with Crippen molar-refractivity contribution in [3.8, 4) is 10.6 Å². The number of imidazole rings is 1. The van der Waals surface area contributed by atoms with Gasteiger partial charge in [0, 0.05) is 17.6 Å². The Balaban J connectivity index is 1.57. The van der Waals surface area contributed by atoms with E-state index in [1.54, 1.807) is 12.5 Å². The number of benzene rings is 1. The number of aromatic nitrogens is 2. The maximum atomic E-state index is 13.4. The van der Waals surface area contributed by atoms with E-state index in [1.807, 2.05) is 12.1 Å². The molecule has 3 heterocycles. The van der Waals surface area contributed by atoms with Crippen LogP contribution in [0.15, 0.2) is 42.9 Å². The summed E-state index contributed by atoms with van der Waals surface area (Å²) in [7, 11) is -2.54. The minimum Gasteiger partial charge on any atom is -0.344 e.